The summed E-state index contributed by atoms with van der Waals surface area (Å²) in [5.41, 5.74) is 10.9. The van der Waals surface area contributed by atoms with Crippen LogP contribution in [0, 0.1) is 6.33 Å². The molecule has 0 N–H and O–H groups in total. The Hall–Kier alpha value is -8.22. The van der Waals surface area contributed by atoms with Crippen LogP contribution < -0.4 is 9.30 Å². The van der Waals surface area contributed by atoms with Gasteiger partial charge in [-0.15, -0.1) is 0 Å². The molecule has 64 heavy (non-hydrogen) atoms. The second-order valence-electron chi connectivity index (χ2n) is 17.8. The molecule has 6 nitrogen and oxygen atoms in total. The lowest BCUT2D eigenvalue weighted by Gasteiger charge is -2.20. The van der Waals surface area contributed by atoms with Gasteiger partial charge in [-0.25, -0.2) is 4.98 Å². The second kappa shape index (κ2) is 13.6. The lowest BCUT2D eigenvalue weighted by Crippen LogP contribution is -2.29. The molecule has 0 radical (unpaired) electrons. The van der Waals surface area contributed by atoms with Crippen molar-refractivity contribution in [2.75, 3.05) is 0 Å². The molecule has 0 aliphatic carbocycles. The summed E-state index contributed by atoms with van der Waals surface area (Å²) in [6.45, 7) is 6.71. The Morgan fingerprint density at radius 3 is 1.83 bits per heavy atom. The van der Waals surface area contributed by atoms with Gasteiger partial charge >= 0.3 is 0 Å². The van der Waals surface area contributed by atoms with E-state index in [0.29, 0.717) is 0 Å². The van der Waals surface area contributed by atoms with E-state index in [1.807, 2.05) is 12.3 Å². The Bertz CT molecular complexity index is 4110. The number of aromatic nitrogens is 5. The molecule has 8 aromatic carbocycles. The number of rotatable bonds is 4. The zero-order valence-electron chi connectivity index (χ0n) is 35.6. The Labute approximate surface area is 368 Å². The normalized spacial score (nSPS) is 12.3. The number of para-hydroxylation sites is 5. The van der Waals surface area contributed by atoms with Crippen molar-refractivity contribution in [1.29, 1.82) is 0 Å². The molecule has 13 rings (SSSR count). The first-order valence-electron chi connectivity index (χ1n) is 21.9. The van der Waals surface area contributed by atoms with Crippen LogP contribution >= 0.6 is 0 Å². The third-order valence-corrected chi connectivity index (χ3v) is 13.0. The minimum absolute atomic E-state index is 0.0166. The summed E-state index contributed by atoms with van der Waals surface area (Å²) in [6.07, 6.45) is 5.79. The maximum absolute atomic E-state index is 6.81. The standard InChI is InChI=1S/C58H41N5O/c1-58(2,3)37-31-32-59-55(33-37)62-50-25-10-7-20-44(50)46-30-29-40(35-54(46)62)64-39-16-12-15-38(34-39)60-36-61-49-24-9-6-19-43(49)41-17-4-5-18-42(41)47-22-13-23-48-45-21-8-11-26-51(45)63(56(47)48)53-28-14-27-52(60)57(53)61/h4-35H,1-3H3. The van der Waals surface area contributed by atoms with E-state index >= 15 is 0 Å². The van der Waals surface area contributed by atoms with Gasteiger partial charge in [0.25, 0.3) is 6.33 Å². The Morgan fingerprint density at radius 1 is 0.469 bits per heavy atom. The fourth-order valence-corrected chi connectivity index (χ4v) is 10.1. The van der Waals surface area contributed by atoms with Crippen molar-refractivity contribution in [1.82, 2.24) is 18.4 Å². The van der Waals surface area contributed by atoms with Gasteiger partial charge in [0, 0.05) is 39.2 Å². The average Bonchev–Trinajstić information content (AvgIpc) is 3.99. The molecule has 0 aliphatic heterocycles. The quantitative estimate of drug-likeness (QED) is 0.131. The van der Waals surface area contributed by atoms with Crippen molar-refractivity contribution in [2.24, 2.45) is 0 Å². The van der Waals surface area contributed by atoms with Gasteiger partial charge in [-0.3, -0.25) is 13.5 Å². The molecule has 0 bridgehead atoms. The summed E-state index contributed by atoms with van der Waals surface area (Å²) in [5, 5.41) is 9.47. The third kappa shape index (κ3) is 5.39. The first-order valence-corrected chi connectivity index (χ1v) is 21.9. The van der Waals surface area contributed by atoms with E-state index in [1.165, 1.54) is 43.4 Å². The lowest BCUT2D eigenvalue weighted by molar-refractivity contribution is -0.572. The monoisotopic (exact) mass is 823 g/mol. The number of hydrogen-bond acceptors (Lipinski definition) is 2. The predicted molar refractivity (Wildman–Crippen MR) is 262 cm³/mol. The second-order valence-corrected chi connectivity index (χ2v) is 17.8. The Balaban J connectivity index is 1.04. The fraction of sp³-hybridized carbons (Fsp3) is 0.0690. The minimum atomic E-state index is -0.0166. The molecule has 0 unspecified atom stereocenters. The van der Waals surface area contributed by atoms with Gasteiger partial charge in [-0.2, -0.15) is 0 Å². The predicted octanol–water partition coefficient (Wildman–Crippen LogP) is 14.2. The average molecular weight is 824 g/mol. The maximum atomic E-state index is 6.81. The van der Waals surface area contributed by atoms with E-state index in [2.05, 4.69) is 227 Å². The lowest BCUT2D eigenvalue weighted by atomic mass is 9.88. The van der Waals surface area contributed by atoms with Crippen LogP contribution in [0.1, 0.15) is 26.3 Å². The molecule has 0 fully saturated rings. The zero-order valence-corrected chi connectivity index (χ0v) is 35.6. The van der Waals surface area contributed by atoms with Crippen molar-refractivity contribution in [3.8, 4) is 23.0 Å². The van der Waals surface area contributed by atoms with Crippen LogP contribution in [0.4, 0.5) is 0 Å². The van der Waals surface area contributed by atoms with E-state index in [1.54, 1.807) is 0 Å². The number of benzene rings is 8. The molecule has 0 saturated carbocycles. The van der Waals surface area contributed by atoms with Crippen LogP contribution in [0.3, 0.4) is 0 Å². The smallest absolute Gasteiger partial charge is 0.269 e. The van der Waals surface area contributed by atoms with Gasteiger partial charge in [-0.1, -0.05) is 136 Å². The Kier molecular flexibility index (Phi) is 7.76. The highest BCUT2D eigenvalue weighted by Crippen LogP contribution is 2.39. The molecule has 0 saturated heterocycles. The van der Waals surface area contributed by atoms with Crippen molar-refractivity contribution < 1.29 is 9.30 Å². The van der Waals surface area contributed by atoms with Crippen LogP contribution in [0.5, 0.6) is 11.5 Å². The van der Waals surface area contributed by atoms with Gasteiger partial charge in [0.1, 0.15) is 22.8 Å². The van der Waals surface area contributed by atoms with Gasteiger partial charge in [0.2, 0.25) is 0 Å². The van der Waals surface area contributed by atoms with Crippen LogP contribution in [0.15, 0.2) is 194 Å². The fourth-order valence-electron chi connectivity index (χ4n) is 10.1. The van der Waals surface area contributed by atoms with E-state index in [0.717, 1.165) is 72.4 Å². The highest BCUT2D eigenvalue weighted by molar-refractivity contribution is 6.22. The number of hydrogen-bond donors (Lipinski definition) is 0. The molecule has 13 aromatic rings. The molecule has 0 spiro atoms. The number of nitrogens with zero attached hydrogens (tertiary/aromatic N) is 5. The minimum Gasteiger partial charge on any atom is -0.458 e. The summed E-state index contributed by atoms with van der Waals surface area (Å²) in [5.74, 6) is 2.36. The van der Waals surface area contributed by atoms with Crippen LogP contribution in [0.2, 0.25) is 0 Å². The summed E-state index contributed by atoms with van der Waals surface area (Å²) in [6, 6.07) is 67.2. The summed E-state index contributed by atoms with van der Waals surface area (Å²) in [4.78, 5) is 4.89. The molecular weight excluding hydrogens is 783 g/mol. The zero-order chi connectivity index (χ0) is 42.7. The van der Waals surface area contributed by atoms with Crippen molar-refractivity contribution >= 4 is 87.2 Å². The van der Waals surface area contributed by atoms with Crippen molar-refractivity contribution in [3.05, 3.63) is 206 Å². The largest absolute Gasteiger partial charge is 0.458 e. The van der Waals surface area contributed by atoms with Gasteiger partial charge < -0.3 is 9.14 Å². The Morgan fingerprint density at radius 2 is 1.05 bits per heavy atom. The molecule has 5 aromatic heterocycles. The third-order valence-electron chi connectivity index (χ3n) is 13.0. The highest BCUT2D eigenvalue weighted by atomic mass is 16.5. The molecule has 0 atom stereocenters. The van der Waals surface area contributed by atoms with Crippen LogP contribution in [0.25, 0.3) is 98.7 Å². The first kappa shape index (κ1) is 36.4. The van der Waals surface area contributed by atoms with Crippen molar-refractivity contribution in [2.45, 2.75) is 26.2 Å². The highest BCUT2D eigenvalue weighted by Gasteiger charge is 2.21. The molecule has 5 heterocycles. The van der Waals surface area contributed by atoms with Gasteiger partial charge in [-0.05, 0) is 93.9 Å². The molecular formula is C58H41N5O. The van der Waals surface area contributed by atoms with Crippen molar-refractivity contribution in [3.63, 3.8) is 0 Å². The number of fused-ring (bicyclic) bond motifs is 12. The SMILES string of the molecule is CC(C)(C)c1ccnc(-n2c3ccccc3c3ccc(Oc4cccc(-[n+]5[c-]n6c7ccccc7c7ccccc7c7cccc8c9ccccc9n(c9cccc5c96)c78)c4)cc32)c1. The first-order chi connectivity index (χ1) is 31.4. The summed E-state index contributed by atoms with van der Waals surface area (Å²) >= 11 is 0. The van der Waals surface area contributed by atoms with E-state index in [9.17, 15) is 0 Å². The maximum Gasteiger partial charge on any atom is 0.269 e. The summed E-state index contributed by atoms with van der Waals surface area (Å²) < 4.78 is 16.0. The molecule has 0 amide bonds. The summed E-state index contributed by atoms with van der Waals surface area (Å²) in [7, 11) is 0. The topological polar surface area (TPSA) is 39.8 Å². The van der Waals surface area contributed by atoms with E-state index in [4.69, 9.17) is 9.72 Å². The van der Waals surface area contributed by atoms with E-state index in [-0.39, 0.29) is 5.41 Å². The van der Waals surface area contributed by atoms with E-state index < -0.39 is 0 Å². The number of ether oxygens (including phenoxy) is 1. The van der Waals surface area contributed by atoms with Gasteiger partial charge in [0.05, 0.1) is 44.3 Å². The van der Waals surface area contributed by atoms with Gasteiger partial charge in [0.15, 0.2) is 0 Å². The molecule has 6 heteroatoms. The van der Waals surface area contributed by atoms with Crippen LogP contribution in [-0.2, 0) is 5.41 Å². The molecule has 0 aliphatic rings. The number of pyridine rings is 1. The number of imidazole rings is 1. The molecule has 304 valence electrons. The van der Waals surface area contributed by atoms with Crippen LogP contribution in [-0.4, -0.2) is 18.4 Å².